The predicted octanol–water partition coefficient (Wildman–Crippen LogP) is 4.84. The molecule has 0 aliphatic heterocycles. The fraction of sp³-hybridized carbons (Fsp3) is 0.684. The van der Waals surface area contributed by atoms with E-state index in [-0.39, 0.29) is 6.61 Å². The van der Waals surface area contributed by atoms with Crippen LogP contribution in [-0.4, -0.2) is 18.3 Å². The minimum atomic E-state index is 0.0793. The molecule has 0 saturated heterocycles. The van der Waals surface area contributed by atoms with Gasteiger partial charge in [-0.25, -0.2) is 0 Å². The molecule has 2 rings (SSSR count). The Kier molecular flexibility index (Phi) is 7.08. The van der Waals surface area contributed by atoms with Crippen LogP contribution in [0, 0.1) is 0 Å². The van der Waals surface area contributed by atoms with Crippen LogP contribution >= 0.6 is 0 Å². The molecule has 1 aromatic rings. The Labute approximate surface area is 129 Å². The van der Waals surface area contributed by atoms with Gasteiger partial charge in [0.2, 0.25) is 0 Å². The summed E-state index contributed by atoms with van der Waals surface area (Å²) in [7, 11) is 0. The van der Waals surface area contributed by atoms with Crippen LogP contribution in [0.2, 0.25) is 0 Å². The number of aliphatic hydroxyl groups is 1. The largest absolute Gasteiger partial charge is 0.491 e. The van der Waals surface area contributed by atoms with Crippen LogP contribution in [0.3, 0.4) is 0 Å². The van der Waals surface area contributed by atoms with Gasteiger partial charge in [-0.05, 0) is 42.4 Å². The van der Waals surface area contributed by atoms with Crippen molar-refractivity contribution in [1.29, 1.82) is 0 Å². The molecule has 0 atom stereocenters. The van der Waals surface area contributed by atoms with Crippen molar-refractivity contribution in [2.75, 3.05) is 13.2 Å². The first-order valence-corrected chi connectivity index (χ1v) is 8.71. The van der Waals surface area contributed by atoms with E-state index < -0.39 is 0 Å². The Morgan fingerprint density at radius 2 is 1.81 bits per heavy atom. The first-order valence-electron chi connectivity index (χ1n) is 8.71. The van der Waals surface area contributed by atoms with Crippen molar-refractivity contribution in [3.8, 4) is 5.75 Å². The molecule has 1 N–H and O–H groups in total. The summed E-state index contributed by atoms with van der Waals surface area (Å²) in [5.41, 5.74) is 2.81. The van der Waals surface area contributed by atoms with E-state index in [1.54, 1.807) is 0 Å². The van der Waals surface area contributed by atoms with Crippen molar-refractivity contribution in [2.45, 2.75) is 70.6 Å². The van der Waals surface area contributed by atoms with Crippen molar-refractivity contribution in [2.24, 2.45) is 0 Å². The second kappa shape index (κ2) is 9.09. The molecule has 0 bridgehead atoms. The van der Waals surface area contributed by atoms with Gasteiger partial charge >= 0.3 is 0 Å². The molecule has 118 valence electrons. The van der Waals surface area contributed by atoms with Gasteiger partial charge in [0.25, 0.3) is 0 Å². The highest BCUT2D eigenvalue weighted by atomic mass is 16.5. The summed E-state index contributed by atoms with van der Waals surface area (Å²) in [6.45, 7) is 2.67. The highest BCUT2D eigenvalue weighted by molar-refractivity contribution is 5.39. The topological polar surface area (TPSA) is 29.5 Å². The van der Waals surface area contributed by atoms with Gasteiger partial charge in [0, 0.05) is 0 Å². The molecular formula is C19H30O2. The first kappa shape index (κ1) is 16.4. The predicted molar refractivity (Wildman–Crippen MR) is 88.1 cm³/mol. The van der Waals surface area contributed by atoms with E-state index >= 15 is 0 Å². The summed E-state index contributed by atoms with van der Waals surface area (Å²) in [5.74, 6) is 1.69. The van der Waals surface area contributed by atoms with Crippen molar-refractivity contribution in [3.05, 3.63) is 29.3 Å². The van der Waals surface area contributed by atoms with Crippen molar-refractivity contribution in [3.63, 3.8) is 0 Å². The highest BCUT2D eigenvalue weighted by Crippen LogP contribution is 2.33. The van der Waals surface area contributed by atoms with Gasteiger partial charge in [0.1, 0.15) is 12.4 Å². The second-order valence-corrected chi connectivity index (χ2v) is 6.23. The third-order valence-electron chi connectivity index (χ3n) is 4.53. The van der Waals surface area contributed by atoms with Gasteiger partial charge in [-0.15, -0.1) is 0 Å². The maximum atomic E-state index is 8.94. The zero-order valence-corrected chi connectivity index (χ0v) is 13.4. The molecule has 0 amide bonds. The molecule has 2 nitrogen and oxygen atoms in total. The number of aliphatic hydroxyl groups excluding tert-OH is 1. The average Bonchev–Trinajstić information content (AvgIpc) is 2.46. The van der Waals surface area contributed by atoms with Crippen LogP contribution in [-0.2, 0) is 6.42 Å². The quantitative estimate of drug-likeness (QED) is 0.812. The molecular weight excluding hydrogens is 260 g/mol. The zero-order valence-electron chi connectivity index (χ0n) is 13.4. The van der Waals surface area contributed by atoms with Gasteiger partial charge in [0.05, 0.1) is 6.61 Å². The zero-order chi connectivity index (χ0) is 14.9. The number of ether oxygens (including phenoxy) is 1. The van der Waals surface area contributed by atoms with Crippen LogP contribution < -0.4 is 4.74 Å². The third kappa shape index (κ3) is 5.03. The van der Waals surface area contributed by atoms with Crippen LogP contribution in [0.15, 0.2) is 18.2 Å². The van der Waals surface area contributed by atoms with Crippen molar-refractivity contribution >= 4 is 0 Å². The second-order valence-electron chi connectivity index (χ2n) is 6.23. The van der Waals surface area contributed by atoms with E-state index in [1.807, 2.05) is 0 Å². The number of aryl methyl sites for hydroxylation is 1. The van der Waals surface area contributed by atoms with E-state index in [0.717, 1.165) is 24.5 Å². The number of benzene rings is 1. The summed E-state index contributed by atoms with van der Waals surface area (Å²) in [6.07, 6.45) is 11.8. The minimum absolute atomic E-state index is 0.0793. The van der Waals surface area contributed by atoms with Gasteiger partial charge < -0.3 is 9.84 Å². The lowest BCUT2D eigenvalue weighted by Gasteiger charge is -2.21. The summed E-state index contributed by atoms with van der Waals surface area (Å²) in [5, 5.41) is 8.94. The molecule has 0 aromatic heterocycles. The Morgan fingerprint density at radius 3 is 2.48 bits per heavy atom. The molecule has 0 spiro atoms. The fourth-order valence-corrected chi connectivity index (χ4v) is 3.40. The Morgan fingerprint density at radius 1 is 1.10 bits per heavy atom. The van der Waals surface area contributed by atoms with E-state index in [1.165, 1.54) is 56.1 Å². The summed E-state index contributed by atoms with van der Waals surface area (Å²) < 4.78 is 5.68. The fourth-order valence-electron chi connectivity index (χ4n) is 3.40. The monoisotopic (exact) mass is 290 g/mol. The summed E-state index contributed by atoms with van der Waals surface area (Å²) >= 11 is 0. The SMILES string of the molecule is CCCc1cc(C2CCCCCCC2)ccc1OCCO. The molecule has 2 heteroatoms. The van der Waals surface area contributed by atoms with Gasteiger partial charge in [-0.2, -0.15) is 0 Å². The lowest BCUT2D eigenvalue weighted by molar-refractivity contribution is 0.200. The van der Waals surface area contributed by atoms with E-state index in [0.29, 0.717) is 6.61 Å². The van der Waals surface area contributed by atoms with Crippen molar-refractivity contribution in [1.82, 2.24) is 0 Å². The Balaban J connectivity index is 2.12. The lowest BCUT2D eigenvalue weighted by atomic mass is 9.85. The lowest BCUT2D eigenvalue weighted by Crippen LogP contribution is -2.06. The van der Waals surface area contributed by atoms with Gasteiger partial charge in [-0.1, -0.05) is 57.6 Å². The number of rotatable bonds is 6. The molecule has 1 aromatic carbocycles. The normalized spacial score (nSPS) is 17.2. The number of hydrogen-bond acceptors (Lipinski definition) is 2. The smallest absolute Gasteiger partial charge is 0.122 e. The van der Waals surface area contributed by atoms with E-state index in [2.05, 4.69) is 25.1 Å². The molecule has 1 fully saturated rings. The van der Waals surface area contributed by atoms with E-state index in [9.17, 15) is 0 Å². The molecule has 0 heterocycles. The highest BCUT2D eigenvalue weighted by Gasteiger charge is 2.15. The van der Waals surface area contributed by atoms with Crippen LogP contribution in [0.4, 0.5) is 0 Å². The Hall–Kier alpha value is -1.02. The maximum absolute atomic E-state index is 8.94. The van der Waals surface area contributed by atoms with Gasteiger partial charge in [-0.3, -0.25) is 0 Å². The maximum Gasteiger partial charge on any atom is 0.122 e. The molecule has 1 aliphatic rings. The summed E-state index contributed by atoms with van der Waals surface area (Å²) in [6, 6.07) is 6.73. The first-order chi connectivity index (χ1) is 10.3. The molecule has 1 saturated carbocycles. The standard InChI is InChI=1S/C19H30O2/c1-2-8-18-15-17(11-12-19(18)21-14-13-20)16-9-6-4-3-5-7-10-16/h11-12,15-16,20H,2-10,13-14H2,1H3. The van der Waals surface area contributed by atoms with E-state index in [4.69, 9.17) is 9.84 Å². The molecule has 0 radical (unpaired) electrons. The number of hydrogen-bond donors (Lipinski definition) is 1. The summed E-state index contributed by atoms with van der Waals surface area (Å²) in [4.78, 5) is 0. The van der Waals surface area contributed by atoms with Crippen molar-refractivity contribution < 1.29 is 9.84 Å². The minimum Gasteiger partial charge on any atom is -0.491 e. The van der Waals surface area contributed by atoms with Gasteiger partial charge in [0.15, 0.2) is 0 Å². The van der Waals surface area contributed by atoms with Crippen LogP contribution in [0.25, 0.3) is 0 Å². The van der Waals surface area contributed by atoms with Crippen LogP contribution in [0.1, 0.15) is 75.3 Å². The Bertz CT molecular complexity index is 406. The third-order valence-corrected chi connectivity index (χ3v) is 4.53. The average molecular weight is 290 g/mol. The molecule has 1 aliphatic carbocycles. The molecule has 21 heavy (non-hydrogen) atoms. The molecule has 0 unspecified atom stereocenters. The van der Waals surface area contributed by atoms with Crippen LogP contribution in [0.5, 0.6) is 5.75 Å².